The van der Waals surface area contributed by atoms with Crippen LogP contribution in [0.4, 0.5) is 0 Å². The Kier molecular flexibility index (Phi) is 6.12. The van der Waals surface area contributed by atoms with Crippen molar-refractivity contribution in [1.82, 2.24) is 20.2 Å². The van der Waals surface area contributed by atoms with E-state index in [-0.39, 0.29) is 18.1 Å². The molecule has 0 spiro atoms. The van der Waals surface area contributed by atoms with Crippen molar-refractivity contribution in [2.45, 2.75) is 31.5 Å². The number of carbonyl (C=O) groups excluding carboxylic acids is 1. The molecule has 0 aliphatic carbocycles. The smallest absolute Gasteiger partial charge is 0.313 e. The molecular formula is C9H14N4O4S. The summed E-state index contributed by atoms with van der Waals surface area (Å²) in [7, 11) is 0. The number of carbonyl (C=O) groups is 2. The molecule has 9 heteroatoms. The van der Waals surface area contributed by atoms with Gasteiger partial charge in [-0.2, -0.15) is 0 Å². The third kappa shape index (κ3) is 5.13. The zero-order valence-electron chi connectivity index (χ0n) is 9.90. The Labute approximate surface area is 108 Å². The molecule has 1 aromatic rings. The van der Waals surface area contributed by atoms with Gasteiger partial charge in [0.05, 0.1) is 12.4 Å². The normalized spacial score (nSPS) is 10.3. The fourth-order valence-electron chi connectivity index (χ4n) is 1.17. The molecule has 0 aliphatic heterocycles. The van der Waals surface area contributed by atoms with E-state index in [4.69, 9.17) is 9.84 Å². The van der Waals surface area contributed by atoms with Gasteiger partial charge in [-0.1, -0.05) is 11.8 Å². The average molecular weight is 274 g/mol. The number of rotatable bonds is 8. The molecule has 0 atom stereocenters. The van der Waals surface area contributed by atoms with Crippen molar-refractivity contribution in [3.63, 3.8) is 0 Å². The number of aryl methyl sites for hydroxylation is 1. The Balaban J connectivity index is 2.35. The second kappa shape index (κ2) is 7.64. The van der Waals surface area contributed by atoms with E-state index < -0.39 is 5.97 Å². The van der Waals surface area contributed by atoms with Crippen LogP contribution in [0.5, 0.6) is 0 Å². The molecule has 0 aromatic carbocycles. The monoisotopic (exact) mass is 274 g/mol. The zero-order chi connectivity index (χ0) is 13.4. The SMILES string of the molecule is CCOC(=O)CCCn1nnnc1SCC(=O)O. The molecule has 0 fully saturated rings. The standard InChI is InChI=1S/C9H14N4O4S/c1-2-17-8(16)4-3-5-13-9(10-11-12-13)18-6-7(14)15/h2-6H2,1H3,(H,14,15). The molecule has 0 amide bonds. The second-order valence-corrected chi connectivity index (χ2v) is 4.22. The van der Waals surface area contributed by atoms with E-state index in [1.807, 2.05) is 0 Å². The van der Waals surface area contributed by atoms with Crippen molar-refractivity contribution in [3.8, 4) is 0 Å². The van der Waals surface area contributed by atoms with Crippen molar-refractivity contribution >= 4 is 23.7 Å². The Morgan fingerprint density at radius 2 is 2.28 bits per heavy atom. The number of aliphatic carboxylic acids is 1. The number of ether oxygens (including phenoxy) is 1. The molecule has 0 saturated carbocycles. The molecule has 1 heterocycles. The highest BCUT2D eigenvalue weighted by molar-refractivity contribution is 7.99. The minimum absolute atomic E-state index is 0.0990. The summed E-state index contributed by atoms with van der Waals surface area (Å²) < 4.78 is 6.27. The topological polar surface area (TPSA) is 107 Å². The van der Waals surface area contributed by atoms with Crippen LogP contribution in [-0.2, 0) is 20.9 Å². The maximum Gasteiger partial charge on any atom is 0.313 e. The third-order valence-corrected chi connectivity index (χ3v) is 2.82. The lowest BCUT2D eigenvalue weighted by atomic mass is 10.3. The van der Waals surface area contributed by atoms with Gasteiger partial charge < -0.3 is 9.84 Å². The van der Waals surface area contributed by atoms with Gasteiger partial charge in [0.15, 0.2) is 0 Å². The van der Waals surface area contributed by atoms with E-state index >= 15 is 0 Å². The van der Waals surface area contributed by atoms with Crippen LogP contribution >= 0.6 is 11.8 Å². The maximum absolute atomic E-state index is 11.1. The van der Waals surface area contributed by atoms with Gasteiger partial charge in [0.1, 0.15) is 0 Å². The lowest BCUT2D eigenvalue weighted by Crippen LogP contribution is -2.08. The van der Waals surface area contributed by atoms with Crippen molar-refractivity contribution in [2.75, 3.05) is 12.4 Å². The van der Waals surface area contributed by atoms with Gasteiger partial charge >= 0.3 is 11.9 Å². The highest BCUT2D eigenvalue weighted by Gasteiger charge is 2.09. The minimum atomic E-state index is -0.930. The number of carboxylic acid groups (broad SMARTS) is 1. The average Bonchev–Trinajstić information content (AvgIpc) is 2.74. The largest absolute Gasteiger partial charge is 0.481 e. The minimum Gasteiger partial charge on any atom is -0.481 e. The van der Waals surface area contributed by atoms with Crippen LogP contribution in [0.3, 0.4) is 0 Å². The highest BCUT2D eigenvalue weighted by Crippen LogP contribution is 2.13. The van der Waals surface area contributed by atoms with E-state index in [9.17, 15) is 9.59 Å². The molecule has 1 aromatic heterocycles. The summed E-state index contributed by atoms with van der Waals surface area (Å²) in [6.07, 6.45) is 0.835. The van der Waals surface area contributed by atoms with Gasteiger partial charge in [-0.15, -0.1) is 5.10 Å². The quantitative estimate of drug-likeness (QED) is 0.529. The number of hydrogen-bond donors (Lipinski definition) is 1. The first-order valence-corrected chi connectivity index (χ1v) is 6.38. The van der Waals surface area contributed by atoms with Crippen LogP contribution in [-0.4, -0.2) is 49.6 Å². The summed E-state index contributed by atoms with van der Waals surface area (Å²) in [4.78, 5) is 21.5. The molecule has 1 rings (SSSR count). The summed E-state index contributed by atoms with van der Waals surface area (Å²) in [5.74, 6) is -1.29. The Bertz CT molecular complexity index is 409. The predicted octanol–water partition coefficient (Wildman–Crippen LogP) is 0.193. The lowest BCUT2D eigenvalue weighted by Gasteiger charge is -2.03. The van der Waals surface area contributed by atoms with Gasteiger partial charge in [0.25, 0.3) is 0 Å². The van der Waals surface area contributed by atoms with E-state index in [1.54, 1.807) is 6.92 Å². The summed E-state index contributed by atoms with van der Waals surface area (Å²) in [6.45, 7) is 2.57. The van der Waals surface area contributed by atoms with Crippen LogP contribution in [0.25, 0.3) is 0 Å². The van der Waals surface area contributed by atoms with Gasteiger partial charge in [-0.3, -0.25) is 9.59 Å². The van der Waals surface area contributed by atoms with Crippen LogP contribution < -0.4 is 0 Å². The summed E-state index contributed by atoms with van der Waals surface area (Å²) in [5, 5.41) is 19.9. The molecule has 8 nitrogen and oxygen atoms in total. The molecule has 18 heavy (non-hydrogen) atoms. The van der Waals surface area contributed by atoms with E-state index in [1.165, 1.54) is 4.68 Å². The lowest BCUT2D eigenvalue weighted by molar-refractivity contribution is -0.143. The Morgan fingerprint density at radius 3 is 2.94 bits per heavy atom. The molecule has 0 bridgehead atoms. The van der Waals surface area contributed by atoms with Crippen molar-refractivity contribution in [1.29, 1.82) is 0 Å². The van der Waals surface area contributed by atoms with Gasteiger partial charge in [-0.25, -0.2) is 4.68 Å². The van der Waals surface area contributed by atoms with Gasteiger partial charge in [0.2, 0.25) is 5.16 Å². The summed E-state index contributed by atoms with van der Waals surface area (Å²) in [5.41, 5.74) is 0. The number of nitrogens with zero attached hydrogens (tertiary/aromatic N) is 4. The number of tetrazole rings is 1. The number of carboxylic acids is 1. The van der Waals surface area contributed by atoms with Crippen LogP contribution in [0.2, 0.25) is 0 Å². The molecular weight excluding hydrogens is 260 g/mol. The summed E-state index contributed by atoms with van der Waals surface area (Å²) in [6, 6.07) is 0. The highest BCUT2D eigenvalue weighted by atomic mass is 32.2. The molecule has 1 N–H and O–H groups in total. The molecule has 0 aliphatic rings. The molecule has 100 valence electrons. The van der Waals surface area contributed by atoms with E-state index in [0.29, 0.717) is 24.7 Å². The van der Waals surface area contributed by atoms with Crippen LogP contribution in [0.1, 0.15) is 19.8 Å². The van der Waals surface area contributed by atoms with Crippen LogP contribution in [0, 0.1) is 0 Å². The van der Waals surface area contributed by atoms with Gasteiger partial charge in [-0.05, 0) is 23.8 Å². The fraction of sp³-hybridized carbons (Fsp3) is 0.667. The number of hydrogen-bond acceptors (Lipinski definition) is 7. The molecule has 0 unspecified atom stereocenters. The van der Waals surface area contributed by atoms with E-state index in [2.05, 4.69) is 15.5 Å². The Morgan fingerprint density at radius 1 is 1.50 bits per heavy atom. The van der Waals surface area contributed by atoms with Crippen molar-refractivity contribution < 1.29 is 19.4 Å². The third-order valence-electron chi connectivity index (χ3n) is 1.88. The predicted molar refractivity (Wildman–Crippen MR) is 62.0 cm³/mol. The first-order valence-electron chi connectivity index (χ1n) is 5.40. The zero-order valence-corrected chi connectivity index (χ0v) is 10.7. The molecule has 0 radical (unpaired) electrons. The van der Waals surface area contributed by atoms with Crippen molar-refractivity contribution in [2.24, 2.45) is 0 Å². The van der Waals surface area contributed by atoms with Crippen molar-refractivity contribution in [3.05, 3.63) is 0 Å². The Hall–Kier alpha value is -1.64. The van der Waals surface area contributed by atoms with E-state index in [0.717, 1.165) is 11.8 Å². The van der Waals surface area contributed by atoms with Gasteiger partial charge in [0, 0.05) is 13.0 Å². The number of thioether (sulfide) groups is 1. The van der Waals surface area contributed by atoms with Crippen LogP contribution in [0.15, 0.2) is 5.16 Å². The molecule has 0 saturated heterocycles. The number of aromatic nitrogens is 4. The first-order chi connectivity index (χ1) is 8.63. The maximum atomic E-state index is 11.1. The second-order valence-electron chi connectivity index (χ2n) is 3.28. The number of esters is 1. The fourth-order valence-corrected chi connectivity index (χ4v) is 1.80. The summed E-state index contributed by atoms with van der Waals surface area (Å²) >= 11 is 1.04. The first kappa shape index (κ1) is 14.4.